The molecule has 1 N–H and O–H groups in total. The average Bonchev–Trinajstić information content (AvgIpc) is 2.96. The van der Waals surface area contributed by atoms with Crippen molar-refractivity contribution in [3.8, 4) is 5.75 Å². The molecular weight excluding hydrogens is 452 g/mol. The molecule has 3 rings (SSSR count). The third kappa shape index (κ3) is 3.51. The lowest BCUT2D eigenvalue weighted by Gasteiger charge is -2.35. The van der Waals surface area contributed by atoms with Crippen LogP contribution in [0.1, 0.15) is 36.5 Å². The fourth-order valence-corrected chi connectivity index (χ4v) is 4.45. The molecule has 1 aromatic heterocycles. The van der Waals surface area contributed by atoms with Gasteiger partial charge in [0.2, 0.25) is 0 Å². The molecule has 0 spiro atoms. The van der Waals surface area contributed by atoms with Crippen LogP contribution in [0.4, 0.5) is 9.18 Å². The van der Waals surface area contributed by atoms with E-state index in [9.17, 15) is 14.3 Å². The maximum atomic E-state index is 13.9. The molecule has 26 heavy (non-hydrogen) atoms. The van der Waals surface area contributed by atoms with E-state index < -0.39 is 11.9 Å². The van der Waals surface area contributed by atoms with E-state index in [0.717, 1.165) is 27.2 Å². The largest absolute Gasteiger partial charge is 0.494 e. The second-order valence-electron chi connectivity index (χ2n) is 6.21. The Balaban J connectivity index is 1.87. The summed E-state index contributed by atoms with van der Waals surface area (Å²) in [5.74, 6) is 0.783. The van der Waals surface area contributed by atoms with E-state index >= 15 is 0 Å². The van der Waals surface area contributed by atoms with Gasteiger partial charge in [0.15, 0.2) is 11.6 Å². The van der Waals surface area contributed by atoms with Crippen molar-refractivity contribution in [2.45, 2.75) is 38.8 Å². The number of carboxylic acid groups (broad SMARTS) is 1. The lowest BCUT2D eigenvalue weighted by molar-refractivity contribution is 0.106. The van der Waals surface area contributed by atoms with Crippen LogP contribution in [0, 0.1) is 9.52 Å². The van der Waals surface area contributed by atoms with Crippen LogP contribution < -0.4 is 4.74 Å². The number of hydrogen-bond donors (Lipinski definition) is 1. The second-order valence-corrected chi connectivity index (χ2v) is 7.23. The summed E-state index contributed by atoms with van der Waals surface area (Å²) in [5, 5.41) is 9.62. The third-order valence-electron chi connectivity index (χ3n) is 4.78. The predicted molar refractivity (Wildman–Crippen MR) is 103 cm³/mol. The molecular formula is C18H21FIN3O3. The number of rotatable bonds is 5. The van der Waals surface area contributed by atoms with Crippen LogP contribution in [0.2, 0.25) is 0 Å². The van der Waals surface area contributed by atoms with Crippen LogP contribution in [0.15, 0.2) is 18.2 Å². The molecule has 0 bridgehead atoms. The predicted octanol–water partition coefficient (Wildman–Crippen LogP) is 3.87. The zero-order valence-corrected chi connectivity index (χ0v) is 16.9. The number of nitrogens with zero attached hydrogens (tertiary/aromatic N) is 3. The van der Waals surface area contributed by atoms with Crippen molar-refractivity contribution in [2.75, 3.05) is 13.7 Å². The van der Waals surface area contributed by atoms with Gasteiger partial charge in [0, 0.05) is 19.5 Å². The highest BCUT2D eigenvalue weighted by Crippen LogP contribution is 2.34. The van der Waals surface area contributed by atoms with Crippen LogP contribution in [0.25, 0.3) is 0 Å². The van der Waals surface area contributed by atoms with E-state index in [1.165, 1.54) is 18.1 Å². The van der Waals surface area contributed by atoms with Crippen LogP contribution in [0.5, 0.6) is 5.75 Å². The zero-order chi connectivity index (χ0) is 18.8. The number of carbonyl (C=O) groups is 1. The number of hydrogen-bond acceptors (Lipinski definition) is 3. The Morgan fingerprint density at radius 1 is 1.46 bits per heavy atom. The summed E-state index contributed by atoms with van der Waals surface area (Å²) < 4.78 is 21.9. The van der Waals surface area contributed by atoms with E-state index in [-0.39, 0.29) is 11.8 Å². The molecule has 1 unspecified atom stereocenters. The molecule has 0 saturated heterocycles. The van der Waals surface area contributed by atoms with Crippen molar-refractivity contribution in [1.82, 2.24) is 14.5 Å². The summed E-state index contributed by atoms with van der Waals surface area (Å²) in [7, 11) is 1.43. The van der Waals surface area contributed by atoms with E-state index in [1.807, 2.05) is 13.0 Å². The number of halogens is 2. The van der Waals surface area contributed by atoms with E-state index in [1.54, 1.807) is 6.07 Å². The van der Waals surface area contributed by atoms with Gasteiger partial charge in [-0.05, 0) is 53.1 Å². The first kappa shape index (κ1) is 18.9. The molecule has 6 nitrogen and oxygen atoms in total. The topological polar surface area (TPSA) is 67.6 Å². The minimum Gasteiger partial charge on any atom is -0.494 e. The summed E-state index contributed by atoms with van der Waals surface area (Å²) in [6.45, 7) is 3.10. The normalized spacial score (nSPS) is 16.5. The summed E-state index contributed by atoms with van der Waals surface area (Å²) >= 11 is 2.18. The number of benzene rings is 1. The zero-order valence-electron chi connectivity index (χ0n) is 14.7. The van der Waals surface area contributed by atoms with E-state index in [4.69, 9.17) is 4.74 Å². The first-order chi connectivity index (χ1) is 12.5. The molecule has 0 saturated carbocycles. The lowest BCUT2D eigenvalue weighted by Crippen LogP contribution is -2.42. The van der Waals surface area contributed by atoms with Gasteiger partial charge in [-0.1, -0.05) is 13.0 Å². The first-order valence-electron chi connectivity index (χ1n) is 8.53. The minimum absolute atomic E-state index is 0.207. The van der Waals surface area contributed by atoms with Crippen LogP contribution in [-0.2, 0) is 19.4 Å². The molecule has 140 valence electrons. The fraction of sp³-hybridized carbons (Fsp3) is 0.444. The molecule has 0 fully saturated rings. The minimum atomic E-state index is -0.933. The van der Waals surface area contributed by atoms with Gasteiger partial charge in [0.05, 0.1) is 18.8 Å². The molecule has 1 amide bonds. The Morgan fingerprint density at radius 3 is 2.85 bits per heavy atom. The standard InChI is InChI=1S/C18H21FIN3O3/c1-3-15-21-17(20)16-13(22(18(24)25)8-9-23(15)16)6-4-11-5-7-14(26-2)12(19)10-11/h5,7,10,13H,3-4,6,8-9H2,1-2H3,(H,24,25). The quantitative estimate of drug-likeness (QED) is 0.670. The van der Waals surface area contributed by atoms with Gasteiger partial charge in [-0.15, -0.1) is 0 Å². The Bertz CT molecular complexity index is 824. The van der Waals surface area contributed by atoms with Crippen LogP contribution in [0.3, 0.4) is 0 Å². The highest BCUT2D eigenvalue weighted by atomic mass is 127. The average molecular weight is 473 g/mol. The number of ether oxygens (including phenoxy) is 1. The Labute approximate surface area is 165 Å². The summed E-state index contributed by atoms with van der Waals surface area (Å²) in [6.07, 6.45) is 1.01. The number of imidazole rings is 1. The highest BCUT2D eigenvalue weighted by Gasteiger charge is 2.34. The third-order valence-corrected chi connectivity index (χ3v) is 5.58. The number of aryl methyl sites for hydroxylation is 2. The highest BCUT2D eigenvalue weighted by molar-refractivity contribution is 14.1. The van der Waals surface area contributed by atoms with Crippen molar-refractivity contribution >= 4 is 28.7 Å². The SMILES string of the molecule is CCc1nc(I)c2n1CCN(C(=O)O)C2CCc1ccc(OC)c(F)c1. The van der Waals surface area contributed by atoms with Gasteiger partial charge in [0.25, 0.3) is 0 Å². The van der Waals surface area contributed by atoms with Crippen molar-refractivity contribution in [1.29, 1.82) is 0 Å². The molecule has 0 aliphatic carbocycles. The fourth-order valence-electron chi connectivity index (χ4n) is 3.52. The molecule has 2 aromatic rings. The van der Waals surface area contributed by atoms with Gasteiger partial charge in [-0.3, -0.25) is 4.90 Å². The Morgan fingerprint density at radius 2 is 2.23 bits per heavy atom. The molecule has 0 radical (unpaired) electrons. The smallest absolute Gasteiger partial charge is 0.407 e. The molecule has 1 atom stereocenters. The van der Waals surface area contributed by atoms with Crippen LogP contribution >= 0.6 is 22.6 Å². The Kier molecular flexibility index (Phi) is 5.69. The molecule has 2 heterocycles. The molecule has 1 aliphatic heterocycles. The number of aromatic nitrogens is 2. The van der Waals surface area contributed by atoms with Gasteiger partial charge in [0.1, 0.15) is 9.53 Å². The number of methoxy groups -OCH3 is 1. The van der Waals surface area contributed by atoms with Gasteiger partial charge in [-0.25, -0.2) is 14.2 Å². The van der Waals surface area contributed by atoms with Gasteiger partial charge < -0.3 is 14.4 Å². The summed E-state index contributed by atoms with van der Waals surface area (Å²) in [4.78, 5) is 17.8. The van der Waals surface area contributed by atoms with Gasteiger partial charge in [-0.2, -0.15) is 0 Å². The molecule has 1 aliphatic rings. The second kappa shape index (κ2) is 7.81. The number of fused-ring (bicyclic) bond motifs is 1. The van der Waals surface area contributed by atoms with Crippen molar-refractivity contribution in [3.63, 3.8) is 0 Å². The van der Waals surface area contributed by atoms with Crippen molar-refractivity contribution in [3.05, 3.63) is 44.8 Å². The van der Waals surface area contributed by atoms with Gasteiger partial charge >= 0.3 is 6.09 Å². The molecule has 8 heteroatoms. The first-order valence-corrected chi connectivity index (χ1v) is 9.60. The lowest BCUT2D eigenvalue weighted by atomic mass is 10.0. The maximum Gasteiger partial charge on any atom is 0.407 e. The van der Waals surface area contributed by atoms with Crippen molar-refractivity contribution < 1.29 is 19.0 Å². The summed E-state index contributed by atoms with van der Waals surface area (Å²) in [6, 6.07) is 4.58. The Hall–Kier alpha value is -1.84. The monoisotopic (exact) mass is 473 g/mol. The van der Waals surface area contributed by atoms with E-state index in [0.29, 0.717) is 25.9 Å². The van der Waals surface area contributed by atoms with Crippen molar-refractivity contribution in [2.24, 2.45) is 0 Å². The maximum absolute atomic E-state index is 13.9. The summed E-state index contributed by atoms with van der Waals surface area (Å²) in [5.41, 5.74) is 1.76. The number of amides is 1. The van der Waals surface area contributed by atoms with Crippen LogP contribution in [-0.4, -0.2) is 39.3 Å². The molecule has 1 aromatic carbocycles. The van der Waals surface area contributed by atoms with E-state index in [2.05, 4.69) is 32.1 Å².